The second kappa shape index (κ2) is 10.7. The highest BCUT2D eigenvalue weighted by molar-refractivity contribution is 7.46. The highest BCUT2D eigenvalue weighted by atomic mass is 31.2. The summed E-state index contributed by atoms with van der Waals surface area (Å²) in [6, 6.07) is 0. The minimum Gasteiger partial charge on any atom is -0.756 e. The molecular weight excluding hydrogens is 634 g/mol. The van der Waals surface area contributed by atoms with E-state index in [9.17, 15) is 29.1 Å². The van der Waals surface area contributed by atoms with Crippen LogP contribution in [-0.2, 0) is 36.7 Å². The van der Waals surface area contributed by atoms with Crippen LogP contribution >= 0.6 is 15.6 Å². The number of hydrogen-bond donors (Lipinski definition) is 4. The molecule has 4 aromatic rings. The van der Waals surface area contributed by atoms with Gasteiger partial charge in [-0.3, -0.25) is 18.3 Å². The molecule has 6 N–H and O–H groups in total. The van der Waals surface area contributed by atoms with Gasteiger partial charge < -0.3 is 59.0 Å². The number of nitrogen functional groups attached to an aromatic ring is 2. The summed E-state index contributed by atoms with van der Waals surface area (Å²) in [6.07, 6.45) is -7.95. The molecule has 0 saturated carbocycles. The summed E-state index contributed by atoms with van der Waals surface area (Å²) >= 11 is 0. The standard InChI is InChI=1S/C20H24N10O12P2/c21-15-9-17(25-3-23-15)29(5-27-9)19-11(31)13-7(39-19)1-37-43(33,34)42-14-8(2-38-44(35,36)41-13)40-20(12(14)32)30-6-28-10-16(22)24-4-26-18(10)30/h3-8,11-14,19-20,31-32H,1-2H2,(H,33,34)(H,35,36)(H2,21,23,25)(H2,22,24,26)/p-2/t7-,8+,11-,12+,13-,14+,19-,20+. The van der Waals surface area contributed by atoms with Crippen molar-refractivity contribution in [1.29, 1.82) is 0 Å². The number of nitrogens with zero attached hydrogens (tertiary/aromatic N) is 8. The fraction of sp³-hybridized carbons (Fsp3) is 0.500. The molecule has 7 heterocycles. The number of phosphoric acid groups is 2. The van der Waals surface area contributed by atoms with Crippen molar-refractivity contribution in [2.45, 2.75) is 49.1 Å². The van der Waals surface area contributed by atoms with E-state index in [1.807, 2.05) is 0 Å². The zero-order valence-corrected chi connectivity index (χ0v) is 23.7. The molecule has 4 aromatic heterocycles. The van der Waals surface area contributed by atoms with Crippen molar-refractivity contribution in [3.8, 4) is 0 Å². The van der Waals surface area contributed by atoms with Crippen LogP contribution in [0.3, 0.4) is 0 Å². The van der Waals surface area contributed by atoms with E-state index in [1.165, 1.54) is 21.8 Å². The number of aliphatic hydroxyl groups is 2. The summed E-state index contributed by atoms with van der Waals surface area (Å²) in [7, 11) is -10.5. The molecule has 0 aliphatic carbocycles. The van der Waals surface area contributed by atoms with E-state index in [1.54, 1.807) is 0 Å². The Labute approximate surface area is 244 Å². The molecular formula is C20H22N10O12P2-2. The maximum Gasteiger partial charge on any atom is 0.268 e. The maximum atomic E-state index is 12.9. The second-order valence-electron chi connectivity index (χ2n) is 9.90. The first-order chi connectivity index (χ1) is 20.9. The lowest BCUT2D eigenvalue weighted by atomic mass is 10.1. The van der Waals surface area contributed by atoms with E-state index in [-0.39, 0.29) is 34.0 Å². The van der Waals surface area contributed by atoms with Crippen LogP contribution in [0, 0.1) is 0 Å². The van der Waals surface area contributed by atoms with E-state index in [4.69, 9.17) is 39.0 Å². The van der Waals surface area contributed by atoms with Crippen LogP contribution in [0.2, 0.25) is 0 Å². The van der Waals surface area contributed by atoms with Crippen LogP contribution in [-0.4, -0.2) is 99.1 Å². The van der Waals surface area contributed by atoms with Crippen molar-refractivity contribution < 1.29 is 56.7 Å². The van der Waals surface area contributed by atoms with Crippen molar-refractivity contribution in [3.05, 3.63) is 25.3 Å². The van der Waals surface area contributed by atoms with Crippen molar-refractivity contribution in [2.75, 3.05) is 24.7 Å². The van der Waals surface area contributed by atoms with Crippen LogP contribution in [0.1, 0.15) is 12.5 Å². The van der Waals surface area contributed by atoms with Gasteiger partial charge in [0.1, 0.15) is 60.3 Å². The van der Waals surface area contributed by atoms with Gasteiger partial charge in [-0.2, -0.15) is 0 Å². The predicted molar refractivity (Wildman–Crippen MR) is 136 cm³/mol. The predicted octanol–water partition coefficient (Wildman–Crippen LogP) is -2.90. The molecule has 3 aliphatic heterocycles. The monoisotopic (exact) mass is 656 g/mol. The van der Waals surface area contributed by atoms with Gasteiger partial charge in [-0.15, -0.1) is 0 Å². The Hall–Kier alpha value is -3.24. The molecule has 0 spiro atoms. The molecule has 22 nitrogen and oxygen atoms in total. The van der Waals surface area contributed by atoms with Crippen molar-refractivity contribution in [2.24, 2.45) is 0 Å². The first kappa shape index (κ1) is 29.5. The summed E-state index contributed by atoms with van der Waals surface area (Å²) in [5, 5.41) is 22.1. The maximum absolute atomic E-state index is 12.9. The fourth-order valence-corrected chi connectivity index (χ4v) is 7.13. The Balaban J connectivity index is 1.17. The molecule has 7 rings (SSSR count). The van der Waals surface area contributed by atoms with Crippen molar-refractivity contribution in [1.82, 2.24) is 39.0 Å². The Morgan fingerprint density at radius 1 is 0.727 bits per heavy atom. The second-order valence-corrected chi connectivity index (χ2v) is 12.6. The SMILES string of the molecule is Nc1ncnc2c1ncn2[C@@H]1O[C@@H]2COP(=O)([O-])O[C@@H]3[C@H](O)[C@@H](n4cnc5c(N)ncnc54)O[C@H]3COP(=O)([O-])O[C@H]2[C@H]1O. The quantitative estimate of drug-likeness (QED) is 0.157. The lowest BCUT2D eigenvalue weighted by Gasteiger charge is -2.34. The third-order valence-electron chi connectivity index (χ3n) is 7.24. The first-order valence-electron chi connectivity index (χ1n) is 12.7. The number of nitrogens with two attached hydrogens (primary N) is 2. The molecule has 0 radical (unpaired) electrons. The number of phosphoric ester groups is 2. The van der Waals surface area contributed by atoms with Gasteiger partial charge in [-0.05, 0) is 0 Å². The normalized spacial score (nSPS) is 38.3. The van der Waals surface area contributed by atoms with Gasteiger partial charge in [-0.1, -0.05) is 0 Å². The summed E-state index contributed by atoms with van der Waals surface area (Å²) in [4.78, 5) is 49.8. The van der Waals surface area contributed by atoms with E-state index < -0.39 is 77.9 Å². The number of rotatable bonds is 2. The van der Waals surface area contributed by atoms with Crippen LogP contribution < -0.4 is 21.3 Å². The van der Waals surface area contributed by atoms with E-state index in [0.29, 0.717) is 0 Å². The third-order valence-corrected chi connectivity index (χ3v) is 9.17. The molecule has 236 valence electrons. The molecule has 2 unspecified atom stereocenters. The summed E-state index contributed by atoms with van der Waals surface area (Å²) in [5.74, 6) is 0.0649. The topological polar surface area (TPSA) is 315 Å². The first-order valence-corrected chi connectivity index (χ1v) is 15.7. The molecule has 3 saturated heterocycles. The third kappa shape index (κ3) is 5.04. The van der Waals surface area contributed by atoms with Gasteiger partial charge in [0.05, 0.1) is 25.9 Å². The Morgan fingerprint density at radius 2 is 1.14 bits per heavy atom. The van der Waals surface area contributed by atoms with Crippen molar-refractivity contribution >= 4 is 49.6 Å². The van der Waals surface area contributed by atoms with Gasteiger partial charge in [0.2, 0.25) is 0 Å². The van der Waals surface area contributed by atoms with Crippen LogP contribution in [0.25, 0.3) is 22.3 Å². The fourth-order valence-electron chi connectivity index (χ4n) is 5.23. The summed E-state index contributed by atoms with van der Waals surface area (Å²) < 4.78 is 60.2. The lowest BCUT2D eigenvalue weighted by Crippen LogP contribution is -2.41. The zero-order chi connectivity index (χ0) is 31.0. The van der Waals surface area contributed by atoms with Crippen LogP contribution in [0.15, 0.2) is 25.3 Å². The van der Waals surface area contributed by atoms with E-state index >= 15 is 0 Å². The molecule has 0 bridgehead atoms. The molecule has 10 atom stereocenters. The lowest BCUT2D eigenvalue weighted by molar-refractivity contribution is -0.244. The number of ether oxygens (including phenoxy) is 2. The Kier molecular flexibility index (Phi) is 7.16. The smallest absolute Gasteiger partial charge is 0.268 e. The minimum atomic E-state index is -5.27. The average Bonchev–Trinajstić information content (AvgIpc) is 3.73. The largest absolute Gasteiger partial charge is 0.756 e. The number of imidazole rings is 2. The van der Waals surface area contributed by atoms with Gasteiger partial charge in [0.25, 0.3) is 15.6 Å². The zero-order valence-electron chi connectivity index (χ0n) is 21.9. The molecule has 3 fully saturated rings. The molecule has 3 aliphatic rings. The minimum absolute atomic E-state index is 0.0324. The average molecular weight is 656 g/mol. The molecule has 44 heavy (non-hydrogen) atoms. The molecule has 0 amide bonds. The van der Waals surface area contributed by atoms with E-state index in [2.05, 4.69) is 29.9 Å². The number of aliphatic hydroxyl groups excluding tert-OH is 2. The van der Waals surface area contributed by atoms with Gasteiger partial charge >= 0.3 is 0 Å². The van der Waals surface area contributed by atoms with Crippen LogP contribution in [0.5, 0.6) is 0 Å². The molecule has 0 aromatic carbocycles. The van der Waals surface area contributed by atoms with Crippen LogP contribution in [0.4, 0.5) is 11.6 Å². The number of anilines is 2. The number of aromatic nitrogens is 8. The Bertz CT molecular complexity index is 1690. The molecule has 24 heteroatoms. The van der Waals surface area contributed by atoms with Gasteiger partial charge in [-0.25, -0.2) is 29.9 Å². The Morgan fingerprint density at radius 3 is 1.55 bits per heavy atom. The number of fused-ring (bicyclic) bond motifs is 4. The van der Waals surface area contributed by atoms with Gasteiger partial charge in [0, 0.05) is 0 Å². The highest BCUT2D eigenvalue weighted by Crippen LogP contribution is 2.50. The summed E-state index contributed by atoms with van der Waals surface area (Å²) in [6.45, 7) is -1.74. The summed E-state index contributed by atoms with van der Waals surface area (Å²) in [5.41, 5.74) is 12.2. The highest BCUT2D eigenvalue weighted by Gasteiger charge is 2.51. The van der Waals surface area contributed by atoms with Crippen molar-refractivity contribution in [3.63, 3.8) is 0 Å². The van der Waals surface area contributed by atoms with Gasteiger partial charge in [0.15, 0.2) is 35.4 Å². The van der Waals surface area contributed by atoms with E-state index in [0.717, 1.165) is 12.7 Å². The number of hydrogen-bond acceptors (Lipinski definition) is 20.